The summed E-state index contributed by atoms with van der Waals surface area (Å²) in [5.41, 5.74) is 0.467. The van der Waals surface area contributed by atoms with Crippen molar-refractivity contribution in [1.29, 1.82) is 0 Å². The number of hydrogen-bond donors (Lipinski definition) is 0. The summed E-state index contributed by atoms with van der Waals surface area (Å²) in [6, 6.07) is 13.7. The molecule has 51 heavy (non-hydrogen) atoms. The van der Waals surface area contributed by atoms with Gasteiger partial charge < -0.3 is 33.0 Å². The summed E-state index contributed by atoms with van der Waals surface area (Å²) in [7, 11) is -0.520. The van der Waals surface area contributed by atoms with E-state index in [9.17, 15) is 9.59 Å². The van der Waals surface area contributed by atoms with Gasteiger partial charge in [0, 0.05) is 18.1 Å². The average molecular weight is 707 g/mol. The Hall–Kier alpha value is -2.92. The second-order valence-electron chi connectivity index (χ2n) is 17.8. The maximum atomic E-state index is 14.1. The molecule has 1 saturated heterocycles. The fourth-order valence-electron chi connectivity index (χ4n) is 7.97. The van der Waals surface area contributed by atoms with Crippen molar-refractivity contribution in [2.45, 2.75) is 137 Å². The van der Waals surface area contributed by atoms with Crippen LogP contribution in [0.15, 0.2) is 42.5 Å². The van der Waals surface area contributed by atoms with Gasteiger partial charge in [0.25, 0.3) is 0 Å². The summed E-state index contributed by atoms with van der Waals surface area (Å²) >= 11 is 0. The van der Waals surface area contributed by atoms with Gasteiger partial charge in [-0.3, -0.25) is 0 Å². The molecular formula is C41H59BO9. The van der Waals surface area contributed by atoms with E-state index in [1.165, 1.54) is 0 Å². The van der Waals surface area contributed by atoms with E-state index >= 15 is 0 Å². The van der Waals surface area contributed by atoms with Crippen molar-refractivity contribution in [3.05, 3.63) is 64.7 Å². The van der Waals surface area contributed by atoms with Gasteiger partial charge in [0.2, 0.25) is 0 Å². The molecule has 2 bridgehead atoms. The molecule has 5 atom stereocenters. The topological polar surface area (TPSA) is 98.8 Å². The molecule has 0 radical (unpaired) electrons. The number of carbonyl (C=O) groups excluding carboxylic acids is 2. The number of hydrogen-bond acceptors (Lipinski definition) is 9. The molecule has 2 aromatic rings. The Bertz CT molecular complexity index is 1530. The van der Waals surface area contributed by atoms with Gasteiger partial charge in [-0.25, -0.2) is 9.59 Å². The van der Waals surface area contributed by atoms with Crippen LogP contribution in [0.4, 0.5) is 4.79 Å². The zero-order chi connectivity index (χ0) is 37.4. The van der Waals surface area contributed by atoms with Crippen LogP contribution < -0.4 is 4.74 Å². The lowest BCUT2D eigenvalue weighted by molar-refractivity contribution is -0.199. The van der Waals surface area contributed by atoms with Gasteiger partial charge in [-0.2, -0.15) is 0 Å². The van der Waals surface area contributed by atoms with Gasteiger partial charge in [0.1, 0.15) is 16.8 Å². The number of benzene rings is 2. The van der Waals surface area contributed by atoms with Crippen LogP contribution in [0.2, 0.25) is 6.32 Å². The lowest BCUT2D eigenvalue weighted by atomic mass is 9.43. The molecule has 2 unspecified atom stereocenters. The third-order valence-corrected chi connectivity index (χ3v) is 10.5. The van der Waals surface area contributed by atoms with Crippen molar-refractivity contribution in [2.24, 2.45) is 23.2 Å². The third-order valence-electron chi connectivity index (χ3n) is 10.5. The fraction of sp³-hybridized carbons (Fsp3) is 0.659. The second kappa shape index (κ2) is 15.2. The highest BCUT2D eigenvalue weighted by Crippen LogP contribution is 2.66. The zero-order valence-electron chi connectivity index (χ0n) is 32.6. The second-order valence-corrected chi connectivity index (χ2v) is 17.8. The summed E-state index contributed by atoms with van der Waals surface area (Å²) in [6.07, 6.45) is 1.60. The van der Waals surface area contributed by atoms with E-state index in [0.29, 0.717) is 42.5 Å². The van der Waals surface area contributed by atoms with Crippen LogP contribution >= 0.6 is 0 Å². The largest absolute Gasteiger partial charge is 0.514 e. The molecule has 3 aliphatic carbocycles. The summed E-state index contributed by atoms with van der Waals surface area (Å²) in [6.45, 7) is 22.9. The maximum absolute atomic E-state index is 14.1. The number of esters is 1. The third kappa shape index (κ3) is 9.37. The van der Waals surface area contributed by atoms with Gasteiger partial charge in [0.05, 0.1) is 31.5 Å². The van der Waals surface area contributed by atoms with Crippen molar-refractivity contribution >= 4 is 19.2 Å². The molecule has 4 fully saturated rings. The first-order valence-corrected chi connectivity index (χ1v) is 18.6. The van der Waals surface area contributed by atoms with E-state index < -0.39 is 42.0 Å². The number of ether oxygens (including phenoxy) is 5. The Morgan fingerprint density at radius 2 is 1.55 bits per heavy atom. The van der Waals surface area contributed by atoms with Crippen molar-refractivity contribution in [1.82, 2.24) is 0 Å². The first-order valence-electron chi connectivity index (χ1n) is 18.6. The normalized spacial score (nSPS) is 24.5. The van der Waals surface area contributed by atoms with Crippen LogP contribution in [0, 0.1) is 23.2 Å². The molecule has 280 valence electrons. The van der Waals surface area contributed by atoms with Crippen LogP contribution in [-0.2, 0) is 41.5 Å². The highest BCUT2D eigenvalue weighted by Gasteiger charge is 2.67. The summed E-state index contributed by atoms with van der Waals surface area (Å²) in [5, 5.41) is 0. The lowest BCUT2D eigenvalue weighted by Gasteiger charge is -2.64. The summed E-state index contributed by atoms with van der Waals surface area (Å²) in [5.74, 6) is 0.359. The SMILES string of the molecule is CC(C)COCc1ccc(C(COCc2ccccc2)CB2OC3C[C@H]4C[C@H](C4(C)C)[C@]3(C)O2)c(OC(=O)OC(C)(C)C)c1C(=O)OC(C)(C)C. The Labute approximate surface area is 305 Å². The van der Waals surface area contributed by atoms with E-state index in [1.54, 1.807) is 41.5 Å². The van der Waals surface area contributed by atoms with Gasteiger partial charge in [-0.1, -0.05) is 70.2 Å². The van der Waals surface area contributed by atoms with Crippen molar-refractivity contribution in [2.75, 3.05) is 13.2 Å². The molecule has 3 saturated carbocycles. The van der Waals surface area contributed by atoms with E-state index in [4.69, 9.17) is 33.0 Å². The Balaban J connectivity index is 1.55. The first-order chi connectivity index (χ1) is 23.8. The Kier molecular flexibility index (Phi) is 11.7. The first kappa shape index (κ1) is 39.3. The fourth-order valence-corrected chi connectivity index (χ4v) is 7.97. The van der Waals surface area contributed by atoms with Crippen LogP contribution in [0.3, 0.4) is 0 Å². The molecule has 9 nitrogen and oxygen atoms in total. The molecule has 0 N–H and O–H groups in total. The molecule has 2 aromatic carbocycles. The van der Waals surface area contributed by atoms with Gasteiger partial charge in [0.15, 0.2) is 5.75 Å². The van der Waals surface area contributed by atoms with E-state index in [1.807, 2.05) is 42.5 Å². The predicted octanol–water partition coefficient (Wildman–Crippen LogP) is 9.16. The standard InChI is InChI=1S/C41H59BO9/c1-26(2)22-45-24-28-17-18-31(35(47-37(44)49-39(6,7)8)34(28)36(43)48-38(3,4)5)29(25-46-23-27-15-13-12-14-16-27)21-42-50-33-20-30-19-32(40(30,9)10)41(33,11)51-42/h12-18,26,29-30,32-33H,19-25H2,1-11H3/t29?,30-,32-,33?,41+/m1/s1. The minimum atomic E-state index is -0.924. The summed E-state index contributed by atoms with van der Waals surface area (Å²) < 4.78 is 43.6. The minimum Gasteiger partial charge on any atom is -0.456 e. The maximum Gasteiger partial charge on any atom is 0.514 e. The van der Waals surface area contributed by atoms with Gasteiger partial charge >= 0.3 is 19.2 Å². The smallest absolute Gasteiger partial charge is 0.456 e. The van der Waals surface area contributed by atoms with Crippen LogP contribution in [0.1, 0.15) is 122 Å². The predicted molar refractivity (Wildman–Crippen MR) is 197 cm³/mol. The average Bonchev–Trinajstić information content (AvgIpc) is 3.34. The molecule has 0 aromatic heterocycles. The van der Waals surface area contributed by atoms with E-state index in [-0.39, 0.29) is 42.0 Å². The highest BCUT2D eigenvalue weighted by molar-refractivity contribution is 6.45. The molecule has 0 amide bonds. The van der Waals surface area contributed by atoms with Crippen LogP contribution in [-0.4, -0.2) is 55.4 Å². The van der Waals surface area contributed by atoms with Crippen LogP contribution in [0.5, 0.6) is 5.75 Å². The Morgan fingerprint density at radius 3 is 2.18 bits per heavy atom. The number of carbonyl (C=O) groups is 2. The quantitative estimate of drug-likeness (QED) is 0.115. The number of rotatable bonds is 13. The van der Waals surface area contributed by atoms with Crippen molar-refractivity contribution < 1.29 is 42.6 Å². The van der Waals surface area contributed by atoms with Crippen molar-refractivity contribution in [3.8, 4) is 5.75 Å². The summed E-state index contributed by atoms with van der Waals surface area (Å²) in [4.78, 5) is 27.5. The van der Waals surface area contributed by atoms with Crippen molar-refractivity contribution in [3.63, 3.8) is 0 Å². The molecule has 10 heteroatoms. The van der Waals surface area contributed by atoms with E-state index in [2.05, 4.69) is 34.6 Å². The molecule has 6 rings (SSSR count). The molecular weight excluding hydrogens is 647 g/mol. The van der Waals surface area contributed by atoms with Crippen LogP contribution in [0.25, 0.3) is 0 Å². The zero-order valence-corrected chi connectivity index (χ0v) is 32.6. The van der Waals surface area contributed by atoms with Gasteiger partial charge in [-0.15, -0.1) is 0 Å². The Morgan fingerprint density at radius 1 is 0.882 bits per heavy atom. The highest BCUT2D eigenvalue weighted by atomic mass is 16.7. The monoisotopic (exact) mass is 706 g/mol. The molecule has 4 aliphatic rings. The minimum absolute atomic E-state index is 0.000419. The van der Waals surface area contributed by atoms with E-state index in [0.717, 1.165) is 18.4 Å². The molecule has 0 spiro atoms. The molecule has 1 heterocycles. The van der Waals surface area contributed by atoms with Gasteiger partial charge in [-0.05, 0) is 102 Å². The lowest BCUT2D eigenvalue weighted by Crippen LogP contribution is -2.65. The molecule has 1 aliphatic heterocycles.